The largest absolute Gasteiger partial charge is 0.532 e. The molecule has 8 nitrogen and oxygen atoms in total. The van der Waals surface area contributed by atoms with Crippen molar-refractivity contribution in [3.05, 3.63) is 0 Å². The highest BCUT2D eigenvalue weighted by molar-refractivity contribution is 6.54. The SMILES string of the molecule is CC(C)C1CC2CC3CC(C(C)C)O[B-]4(O3)OC(CC3CC(C(C)C)O[B-](O2)(O3)O1)CC(C(C)C)O4. The lowest BCUT2D eigenvalue weighted by Crippen LogP contribution is -2.68. The van der Waals surface area contributed by atoms with Gasteiger partial charge in [-0.05, 0) is 62.2 Å². The van der Waals surface area contributed by atoms with Gasteiger partial charge in [-0.3, -0.25) is 0 Å². The second-order valence-corrected chi connectivity index (χ2v) is 13.3. The molecule has 5 heterocycles. The Kier molecular flexibility index (Phi) is 7.92. The first kappa shape index (κ1) is 27.4. The first-order valence-corrected chi connectivity index (χ1v) is 14.6. The van der Waals surface area contributed by atoms with Crippen LogP contribution in [-0.4, -0.2) is 62.7 Å². The second kappa shape index (κ2) is 10.4. The molecule has 5 aliphatic heterocycles. The molecule has 0 aromatic carbocycles. The first-order chi connectivity index (χ1) is 16.9. The van der Waals surface area contributed by atoms with E-state index in [4.69, 9.17) is 37.2 Å². The van der Waals surface area contributed by atoms with Crippen LogP contribution in [0.4, 0.5) is 0 Å². The Morgan fingerprint density at radius 2 is 0.583 bits per heavy atom. The van der Waals surface area contributed by atoms with E-state index >= 15 is 0 Å². The molecule has 0 aliphatic carbocycles. The number of hydrogen-bond acceptors (Lipinski definition) is 8. The fourth-order valence-electron chi connectivity index (χ4n) is 6.58. The van der Waals surface area contributed by atoms with Crippen molar-refractivity contribution < 1.29 is 37.2 Å². The van der Waals surface area contributed by atoms with E-state index in [0.29, 0.717) is 36.5 Å². The summed E-state index contributed by atoms with van der Waals surface area (Å²) in [6, 6.07) is 0. The van der Waals surface area contributed by atoms with Crippen molar-refractivity contribution in [1.29, 1.82) is 0 Å². The minimum Gasteiger partial charge on any atom is -0.516 e. The van der Waals surface area contributed by atoms with E-state index in [2.05, 4.69) is 55.4 Å². The van der Waals surface area contributed by atoms with E-state index < -0.39 is 13.9 Å². The molecule has 0 aromatic heterocycles. The average Bonchev–Trinajstić information content (AvgIpc) is 2.77. The summed E-state index contributed by atoms with van der Waals surface area (Å²) < 4.78 is 52.8. The minimum absolute atomic E-state index is 0.00391. The van der Waals surface area contributed by atoms with Crippen LogP contribution >= 0.6 is 0 Å². The third-order valence-electron chi connectivity index (χ3n) is 8.81. The third kappa shape index (κ3) is 5.71. The van der Waals surface area contributed by atoms with Gasteiger partial charge in [-0.1, -0.05) is 55.4 Å². The maximum absolute atomic E-state index is 6.65. The van der Waals surface area contributed by atoms with E-state index in [1.807, 2.05) is 0 Å². The van der Waals surface area contributed by atoms with E-state index in [9.17, 15) is 0 Å². The summed E-state index contributed by atoms with van der Waals surface area (Å²) in [5.41, 5.74) is 0. The highest BCUT2D eigenvalue weighted by Gasteiger charge is 2.53. The van der Waals surface area contributed by atoms with Crippen molar-refractivity contribution in [3.8, 4) is 0 Å². The molecule has 0 saturated carbocycles. The van der Waals surface area contributed by atoms with Crippen molar-refractivity contribution in [2.24, 2.45) is 23.7 Å². The lowest BCUT2D eigenvalue weighted by molar-refractivity contribution is -0.215. The van der Waals surface area contributed by atoms with Crippen LogP contribution in [0.15, 0.2) is 0 Å². The molecule has 2 spiro atoms. The van der Waals surface area contributed by atoms with Gasteiger partial charge < -0.3 is 37.2 Å². The van der Waals surface area contributed by atoms with Crippen LogP contribution in [0.1, 0.15) is 93.9 Å². The number of rotatable bonds is 4. The fourth-order valence-corrected chi connectivity index (χ4v) is 6.58. The van der Waals surface area contributed by atoms with Crippen LogP contribution in [0.5, 0.6) is 0 Å². The van der Waals surface area contributed by atoms with Gasteiger partial charge in [0.2, 0.25) is 0 Å². The van der Waals surface area contributed by atoms with Gasteiger partial charge in [-0.2, -0.15) is 0 Å². The van der Waals surface area contributed by atoms with Crippen molar-refractivity contribution in [1.82, 2.24) is 0 Å². The smallest absolute Gasteiger partial charge is 0.516 e. The first-order valence-electron chi connectivity index (χ1n) is 14.6. The van der Waals surface area contributed by atoms with Crippen LogP contribution in [0.3, 0.4) is 0 Å². The molecule has 8 atom stereocenters. The zero-order valence-corrected chi connectivity index (χ0v) is 23.6. The molecule has 0 N–H and O–H groups in total. The lowest BCUT2D eigenvalue weighted by Gasteiger charge is -2.61. The summed E-state index contributed by atoms with van der Waals surface area (Å²) in [5.74, 6) is 1.28. The molecule has 10 heteroatoms. The molecule has 0 amide bonds. The van der Waals surface area contributed by atoms with E-state index in [1.54, 1.807) is 0 Å². The fraction of sp³-hybridized carbons (Fsp3) is 1.00. The number of hydrogen-bond donors (Lipinski definition) is 0. The second-order valence-electron chi connectivity index (χ2n) is 13.3. The molecule has 5 aliphatic rings. The highest BCUT2D eigenvalue weighted by Crippen LogP contribution is 2.44. The molecule has 6 bridgehead atoms. The van der Waals surface area contributed by atoms with Crippen molar-refractivity contribution in [3.63, 3.8) is 0 Å². The van der Waals surface area contributed by atoms with Gasteiger partial charge >= 0.3 is 13.9 Å². The molecule has 5 rings (SSSR count). The van der Waals surface area contributed by atoms with Crippen molar-refractivity contribution >= 4 is 13.9 Å². The van der Waals surface area contributed by atoms with Gasteiger partial charge in [0.05, 0.1) is 0 Å². The summed E-state index contributed by atoms with van der Waals surface area (Å²) in [4.78, 5) is 0. The van der Waals surface area contributed by atoms with Crippen molar-refractivity contribution in [2.45, 2.75) is 143 Å². The Labute approximate surface area is 217 Å². The lowest BCUT2D eigenvalue weighted by atomic mass is 9.81. The molecular formula is C26H48B2O8-2. The van der Waals surface area contributed by atoms with E-state index in [1.165, 1.54) is 0 Å². The zero-order valence-electron chi connectivity index (χ0n) is 23.6. The van der Waals surface area contributed by atoms with Gasteiger partial charge in [-0.15, -0.1) is 0 Å². The van der Waals surface area contributed by atoms with Gasteiger partial charge in [0.1, 0.15) is 0 Å². The summed E-state index contributed by atoms with van der Waals surface area (Å²) in [6.45, 7) is 12.9. The Hall–Kier alpha value is -0.190. The molecule has 8 unspecified atom stereocenters. The summed E-state index contributed by atoms with van der Waals surface area (Å²) in [5, 5.41) is 0. The van der Waals surface area contributed by atoms with Crippen LogP contribution in [0.25, 0.3) is 0 Å². The molecule has 5 saturated heterocycles. The normalized spacial score (nSPS) is 47.7. The zero-order chi connectivity index (χ0) is 25.8. The molecule has 5 fully saturated rings. The number of fused-ring (bicyclic) bond motifs is 4. The summed E-state index contributed by atoms with van der Waals surface area (Å²) >= 11 is 0. The predicted octanol–water partition coefficient (Wildman–Crippen LogP) is 4.97. The van der Waals surface area contributed by atoms with Crippen LogP contribution in [-0.2, 0) is 37.2 Å². The van der Waals surface area contributed by atoms with E-state index in [0.717, 1.165) is 25.7 Å². The van der Waals surface area contributed by atoms with Gasteiger partial charge in [0.15, 0.2) is 0 Å². The monoisotopic (exact) mass is 510 g/mol. The molecular weight excluding hydrogens is 462 g/mol. The maximum atomic E-state index is 6.65. The molecule has 0 aromatic rings. The Morgan fingerprint density at radius 1 is 0.361 bits per heavy atom. The van der Waals surface area contributed by atoms with Crippen LogP contribution in [0, 0.1) is 23.7 Å². The predicted molar refractivity (Wildman–Crippen MR) is 138 cm³/mol. The quantitative estimate of drug-likeness (QED) is 0.491. The van der Waals surface area contributed by atoms with Gasteiger partial charge in [0.25, 0.3) is 0 Å². The van der Waals surface area contributed by atoms with Gasteiger partial charge in [0, 0.05) is 48.8 Å². The van der Waals surface area contributed by atoms with Gasteiger partial charge in [-0.25, -0.2) is 0 Å². The topological polar surface area (TPSA) is 73.8 Å². The van der Waals surface area contributed by atoms with Crippen LogP contribution < -0.4 is 0 Å². The standard InChI is InChI=1S/C26H48B2O8/c1-15(2)23-11-19-9-20-12-25(17(5)6)35-28(31-20)32-22(14-26(36-28)18(7)8)10-21-13-24(16(3)4)34-27(29-19,30-21)33-23/h15-26H,9-14H2,1-8H3/q-2. The minimum atomic E-state index is -2.32. The van der Waals surface area contributed by atoms with Crippen LogP contribution in [0.2, 0.25) is 0 Å². The van der Waals surface area contributed by atoms with Crippen molar-refractivity contribution in [2.75, 3.05) is 0 Å². The average molecular weight is 510 g/mol. The Balaban J connectivity index is 1.52. The summed E-state index contributed by atoms with van der Waals surface area (Å²) in [7, 11) is 0. The molecule has 0 radical (unpaired) electrons. The molecule has 208 valence electrons. The highest BCUT2D eigenvalue weighted by atomic mass is 16.9. The van der Waals surface area contributed by atoms with E-state index in [-0.39, 0.29) is 48.8 Å². The third-order valence-corrected chi connectivity index (χ3v) is 8.81. The Bertz CT molecular complexity index is 642. The Morgan fingerprint density at radius 3 is 0.778 bits per heavy atom. The maximum Gasteiger partial charge on any atom is 0.532 e. The summed E-state index contributed by atoms with van der Waals surface area (Å²) in [6.07, 6.45) is 4.03. The molecule has 36 heavy (non-hydrogen) atoms.